The minimum atomic E-state index is -0.840. The molecule has 1 unspecified atom stereocenters. The van der Waals surface area contributed by atoms with Crippen LogP contribution < -0.4 is 10.6 Å². The molecule has 0 aliphatic carbocycles. The number of carbonyl (C=O) groups excluding carboxylic acids is 1. The third-order valence-corrected chi connectivity index (χ3v) is 2.61. The summed E-state index contributed by atoms with van der Waals surface area (Å²) in [6.45, 7) is 8.76. The van der Waals surface area contributed by atoms with Crippen LogP contribution in [0.2, 0.25) is 0 Å². The predicted octanol–water partition coefficient (Wildman–Crippen LogP) is -0.833. The number of nitrogens with one attached hydrogen (secondary N) is 2. The maximum Gasteiger partial charge on any atom is 0.241 e. The average molecular weight is 229 g/mol. The number of likely N-dealkylation sites (N-methyl/N-ethyl adjacent to an activating group) is 1. The van der Waals surface area contributed by atoms with E-state index in [1.165, 1.54) is 0 Å². The molecule has 16 heavy (non-hydrogen) atoms. The van der Waals surface area contributed by atoms with Gasteiger partial charge in [-0.15, -0.1) is 0 Å². The van der Waals surface area contributed by atoms with Gasteiger partial charge in [-0.3, -0.25) is 4.79 Å². The van der Waals surface area contributed by atoms with Crippen LogP contribution in [0.25, 0.3) is 0 Å². The average Bonchev–Trinajstić information content (AvgIpc) is 2.25. The normalized spacial score (nSPS) is 21.9. The fourth-order valence-electron chi connectivity index (χ4n) is 1.86. The van der Waals surface area contributed by atoms with Gasteiger partial charge in [0.1, 0.15) is 0 Å². The second-order valence-electron chi connectivity index (χ2n) is 4.88. The molecular formula is C11H23N3O2. The first kappa shape index (κ1) is 13.4. The standard InChI is InChI=1S/C11H23N3O2/c1-4-14(8-11(2,3)16)10(15)9-7-12-5-6-13-9/h9,12-13,16H,4-8H2,1-3H3. The van der Waals surface area contributed by atoms with Crippen molar-refractivity contribution < 1.29 is 9.90 Å². The second-order valence-corrected chi connectivity index (χ2v) is 4.88. The van der Waals surface area contributed by atoms with E-state index in [2.05, 4.69) is 10.6 Å². The lowest BCUT2D eigenvalue weighted by atomic mass is 10.1. The summed E-state index contributed by atoms with van der Waals surface area (Å²) in [5.41, 5.74) is -0.840. The smallest absolute Gasteiger partial charge is 0.241 e. The van der Waals surface area contributed by atoms with Gasteiger partial charge < -0.3 is 20.6 Å². The Morgan fingerprint density at radius 2 is 2.19 bits per heavy atom. The summed E-state index contributed by atoms with van der Waals surface area (Å²) in [5, 5.41) is 16.1. The third kappa shape index (κ3) is 4.08. The minimum absolute atomic E-state index is 0.0665. The molecule has 5 nitrogen and oxygen atoms in total. The Labute approximate surface area is 97.2 Å². The van der Waals surface area contributed by atoms with Gasteiger partial charge in [0.2, 0.25) is 5.91 Å². The van der Waals surface area contributed by atoms with E-state index in [1.54, 1.807) is 18.7 Å². The summed E-state index contributed by atoms with van der Waals surface area (Å²) in [4.78, 5) is 13.8. The van der Waals surface area contributed by atoms with Gasteiger partial charge in [0.05, 0.1) is 11.6 Å². The summed E-state index contributed by atoms with van der Waals surface area (Å²) in [6, 6.07) is -0.156. The summed E-state index contributed by atoms with van der Waals surface area (Å²) in [7, 11) is 0. The van der Waals surface area contributed by atoms with Crippen molar-refractivity contribution in [3.05, 3.63) is 0 Å². The van der Waals surface area contributed by atoms with Gasteiger partial charge in [-0.05, 0) is 20.8 Å². The molecule has 0 radical (unpaired) electrons. The summed E-state index contributed by atoms with van der Waals surface area (Å²) >= 11 is 0. The number of rotatable bonds is 4. The molecule has 1 atom stereocenters. The van der Waals surface area contributed by atoms with Crippen molar-refractivity contribution in [1.29, 1.82) is 0 Å². The van der Waals surface area contributed by atoms with E-state index in [0.717, 1.165) is 13.1 Å². The van der Waals surface area contributed by atoms with Crippen LogP contribution in [0.4, 0.5) is 0 Å². The summed E-state index contributed by atoms with van der Waals surface area (Å²) in [6.07, 6.45) is 0. The van der Waals surface area contributed by atoms with Crippen LogP contribution in [0.15, 0.2) is 0 Å². The van der Waals surface area contributed by atoms with Crippen molar-refractivity contribution in [3.63, 3.8) is 0 Å². The number of carbonyl (C=O) groups is 1. The molecule has 1 rings (SSSR count). The number of piperazine rings is 1. The van der Waals surface area contributed by atoms with Crippen LogP contribution in [0, 0.1) is 0 Å². The Bertz CT molecular complexity index is 232. The lowest BCUT2D eigenvalue weighted by Gasteiger charge is -2.33. The molecular weight excluding hydrogens is 206 g/mol. The molecule has 1 heterocycles. The van der Waals surface area contributed by atoms with Crippen molar-refractivity contribution in [3.8, 4) is 0 Å². The molecule has 0 saturated carbocycles. The Morgan fingerprint density at radius 3 is 2.62 bits per heavy atom. The van der Waals surface area contributed by atoms with Crippen LogP contribution in [-0.4, -0.2) is 60.3 Å². The summed E-state index contributed by atoms with van der Waals surface area (Å²) < 4.78 is 0. The van der Waals surface area contributed by atoms with E-state index in [4.69, 9.17) is 0 Å². The first-order valence-corrected chi connectivity index (χ1v) is 5.89. The zero-order valence-corrected chi connectivity index (χ0v) is 10.4. The van der Waals surface area contributed by atoms with Crippen LogP contribution in [0.5, 0.6) is 0 Å². The quantitative estimate of drug-likeness (QED) is 0.588. The highest BCUT2D eigenvalue weighted by Crippen LogP contribution is 2.06. The molecule has 3 N–H and O–H groups in total. The molecule has 1 fully saturated rings. The molecule has 0 aromatic rings. The molecule has 94 valence electrons. The maximum absolute atomic E-state index is 12.1. The van der Waals surface area contributed by atoms with Crippen molar-refractivity contribution in [2.75, 3.05) is 32.7 Å². The van der Waals surface area contributed by atoms with E-state index >= 15 is 0 Å². The van der Waals surface area contributed by atoms with E-state index in [-0.39, 0.29) is 11.9 Å². The monoisotopic (exact) mass is 229 g/mol. The van der Waals surface area contributed by atoms with Gasteiger partial charge in [-0.25, -0.2) is 0 Å². The van der Waals surface area contributed by atoms with E-state index < -0.39 is 5.60 Å². The SMILES string of the molecule is CCN(CC(C)(C)O)C(=O)C1CNCCN1. The Balaban J connectivity index is 2.54. The molecule has 1 saturated heterocycles. The highest BCUT2D eigenvalue weighted by atomic mass is 16.3. The van der Waals surface area contributed by atoms with Crippen LogP contribution in [0.3, 0.4) is 0 Å². The first-order valence-electron chi connectivity index (χ1n) is 5.89. The highest BCUT2D eigenvalue weighted by Gasteiger charge is 2.27. The van der Waals surface area contributed by atoms with Crippen LogP contribution >= 0.6 is 0 Å². The summed E-state index contributed by atoms with van der Waals surface area (Å²) in [5.74, 6) is 0.0665. The van der Waals surface area contributed by atoms with Crippen LogP contribution in [0.1, 0.15) is 20.8 Å². The van der Waals surface area contributed by atoms with Crippen molar-refractivity contribution >= 4 is 5.91 Å². The Hall–Kier alpha value is -0.650. The zero-order chi connectivity index (χ0) is 12.2. The van der Waals surface area contributed by atoms with E-state index in [9.17, 15) is 9.90 Å². The second kappa shape index (κ2) is 5.61. The molecule has 1 aliphatic rings. The van der Waals surface area contributed by atoms with E-state index in [0.29, 0.717) is 19.6 Å². The molecule has 0 aromatic heterocycles. The molecule has 1 amide bonds. The fraction of sp³-hybridized carbons (Fsp3) is 0.909. The van der Waals surface area contributed by atoms with Crippen LogP contribution in [-0.2, 0) is 4.79 Å². The molecule has 0 spiro atoms. The van der Waals surface area contributed by atoms with Gasteiger partial charge in [0.25, 0.3) is 0 Å². The third-order valence-electron chi connectivity index (χ3n) is 2.61. The molecule has 5 heteroatoms. The number of nitrogens with zero attached hydrogens (tertiary/aromatic N) is 1. The lowest BCUT2D eigenvalue weighted by molar-refractivity contribution is -0.136. The number of amides is 1. The Morgan fingerprint density at radius 1 is 1.50 bits per heavy atom. The number of hydrogen-bond acceptors (Lipinski definition) is 4. The Kier molecular flexibility index (Phi) is 4.70. The zero-order valence-electron chi connectivity index (χ0n) is 10.4. The van der Waals surface area contributed by atoms with Crippen molar-refractivity contribution in [2.45, 2.75) is 32.4 Å². The highest BCUT2D eigenvalue weighted by molar-refractivity contribution is 5.82. The largest absolute Gasteiger partial charge is 0.389 e. The van der Waals surface area contributed by atoms with Crippen molar-refractivity contribution in [1.82, 2.24) is 15.5 Å². The van der Waals surface area contributed by atoms with Crippen molar-refractivity contribution in [2.24, 2.45) is 0 Å². The molecule has 0 bridgehead atoms. The topological polar surface area (TPSA) is 64.6 Å². The minimum Gasteiger partial charge on any atom is -0.389 e. The van der Waals surface area contributed by atoms with Gasteiger partial charge >= 0.3 is 0 Å². The lowest BCUT2D eigenvalue weighted by Crippen LogP contribution is -2.58. The molecule has 0 aromatic carbocycles. The maximum atomic E-state index is 12.1. The fourth-order valence-corrected chi connectivity index (χ4v) is 1.86. The first-order chi connectivity index (χ1) is 7.44. The van der Waals surface area contributed by atoms with Gasteiger partial charge in [0, 0.05) is 32.7 Å². The van der Waals surface area contributed by atoms with E-state index in [1.807, 2.05) is 6.92 Å². The van der Waals surface area contributed by atoms with Gasteiger partial charge in [-0.2, -0.15) is 0 Å². The number of hydrogen-bond donors (Lipinski definition) is 3. The number of aliphatic hydroxyl groups is 1. The predicted molar refractivity (Wildman–Crippen MR) is 63.2 cm³/mol. The van der Waals surface area contributed by atoms with Gasteiger partial charge in [-0.1, -0.05) is 0 Å². The van der Waals surface area contributed by atoms with Gasteiger partial charge in [0.15, 0.2) is 0 Å². The molecule has 1 aliphatic heterocycles.